The molecular formula is C7H4Cl3NO3. The number of rotatable bonds is 2. The van der Waals surface area contributed by atoms with Gasteiger partial charge in [-0.1, -0.05) is 34.8 Å². The molecule has 1 aromatic rings. The van der Waals surface area contributed by atoms with Gasteiger partial charge in [0.25, 0.3) is 0 Å². The second-order valence-electron chi connectivity index (χ2n) is 2.29. The Kier molecular flexibility index (Phi) is 3.42. The van der Waals surface area contributed by atoms with E-state index in [1.807, 2.05) is 0 Å². The zero-order valence-electron chi connectivity index (χ0n) is 6.88. The van der Waals surface area contributed by atoms with Gasteiger partial charge in [0.15, 0.2) is 5.75 Å². The Balaban J connectivity index is 3.53. The van der Waals surface area contributed by atoms with Gasteiger partial charge in [0, 0.05) is 6.07 Å². The Bertz CT molecular complexity index is 394. The molecule has 0 spiro atoms. The highest BCUT2D eigenvalue weighted by Gasteiger charge is 2.24. The molecule has 0 heterocycles. The minimum absolute atomic E-state index is 0.0191. The van der Waals surface area contributed by atoms with Crippen LogP contribution in [0.4, 0.5) is 5.69 Å². The molecule has 1 rings (SSSR count). The molecule has 0 radical (unpaired) electrons. The van der Waals surface area contributed by atoms with E-state index in [0.717, 1.165) is 0 Å². The highest BCUT2D eigenvalue weighted by Crippen LogP contribution is 2.43. The fourth-order valence-electron chi connectivity index (χ4n) is 0.889. The summed E-state index contributed by atoms with van der Waals surface area (Å²) in [6.45, 7) is 0. The van der Waals surface area contributed by atoms with E-state index in [9.17, 15) is 10.1 Å². The van der Waals surface area contributed by atoms with Crippen LogP contribution < -0.4 is 4.74 Å². The number of benzene rings is 1. The van der Waals surface area contributed by atoms with Crippen molar-refractivity contribution >= 4 is 40.5 Å². The first-order chi connectivity index (χ1) is 6.49. The van der Waals surface area contributed by atoms with E-state index in [1.165, 1.54) is 13.2 Å². The lowest BCUT2D eigenvalue weighted by molar-refractivity contribution is -0.385. The molecule has 0 amide bonds. The molecule has 1 aromatic carbocycles. The minimum atomic E-state index is -0.677. The Morgan fingerprint density at radius 1 is 1.36 bits per heavy atom. The zero-order valence-corrected chi connectivity index (χ0v) is 9.15. The lowest BCUT2D eigenvalue weighted by Crippen LogP contribution is -1.95. The Labute approximate surface area is 94.5 Å². The van der Waals surface area contributed by atoms with E-state index < -0.39 is 4.92 Å². The van der Waals surface area contributed by atoms with Crippen molar-refractivity contribution in [3.05, 3.63) is 31.2 Å². The molecule has 0 saturated carbocycles. The Morgan fingerprint density at radius 3 is 2.36 bits per heavy atom. The fourth-order valence-corrected chi connectivity index (χ4v) is 1.54. The van der Waals surface area contributed by atoms with Gasteiger partial charge in [0.05, 0.1) is 22.1 Å². The number of hydrogen-bond donors (Lipinski definition) is 0. The second-order valence-corrected chi connectivity index (χ2v) is 3.46. The highest BCUT2D eigenvalue weighted by molar-refractivity contribution is 6.49. The molecular weight excluding hydrogens is 252 g/mol. The summed E-state index contributed by atoms with van der Waals surface area (Å²) in [5.74, 6) is -0.0191. The van der Waals surface area contributed by atoms with E-state index >= 15 is 0 Å². The summed E-state index contributed by atoms with van der Waals surface area (Å²) in [6.07, 6.45) is 0. The van der Waals surface area contributed by atoms with Crippen LogP contribution in [0.1, 0.15) is 0 Å². The maximum absolute atomic E-state index is 10.6. The number of nitrogens with zero attached hydrogens (tertiary/aromatic N) is 1. The first-order valence-corrected chi connectivity index (χ1v) is 4.48. The molecule has 0 bridgehead atoms. The van der Waals surface area contributed by atoms with E-state index in [-0.39, 0.29) is 26.5 Å². The molecule has 0 atom stereocenters. The van der Waals surface area contributed by atoms with Crippen molar-refractivity contribution in [3.63, 3.8) is 0 Å². The first-order valence-electron chi connectivity index (χ1n) is 3.35. The molecule has 7 heteroatoms. The van der Waals surface area contributed by atoms with Crippen LogP contribution >= 0.6 is 34.8 Å². The average Bonchev–Trinajstić information content (AvgIpc) is 2.12. The lowest BCUT2D eigenvalue weighted by atomic mass is 10.3. The smallest absolute Gasteiger partial charge is 0.330 e. The van der Waals surface area contributed by atoms with Crippen molar-refractivity contribution in [1.82, 2.24) is 0 Å². The monoisotopic (exact) mass is 255 g/mol. The van der Waals surface area contributed by atoms with Gasteiger partial charge in [-0.25, -0.2) is 0 Å². The number of hydrogen-bond acceptors (Lipinski definition) is 3. The summed E-state index contributed by atoms with van der Waals surface area (Å²) in [5, 5.41) is 10.4. The van der Waals surface area contributed by atoms with E-state index in [1.54, 1.807) is 0 Å². The molecule has 0 fully saturated rings. The third kappa shape index (κ3) is 1.87. The second kappa shape index (κ2) is 4.21. The third-order valence-corrected chi connectivity index (χ3v) is 2.76. The molecule has 0 aliphatic heterocycles. The largest absolute Gasteiger partial charge is 0.490 e. The molecule has 14 heavy (non-hydrogen) atoms. The van der Waals surface area contributed by atoms with Gasteiger partial charge in [-0.05, 0) is 0 Å². The van der Waals surface area contributed by atoms with Crippen LogP contribution in [-0.2, 0) is 0 Å². The van der Waals surface area contributed by atoms with Crippen LogP contribution in [-0.4, -0.2) is 12.0 Å². The Morgan fingerprint density at radius 2 is 1.93 bits per heavy atom. The topological polar surface area (TPSA) is 52.4 Å². The van der Waals surface area contributed by atoms with Crippen LogP contribution in [0.3, 0.4) is 0 Å². The number of methoxy groups -OCH3 is 1. The summed E-state index contributed by atoms with van der Waals surface area (Å²) >= 11 is 16.9. The minimum Gasteiger partial charge on any atom is -0.490 e. The van der Waals surface area contributed by atoms with Crippen molar-refractivity contribution < 1.29 is 9.66 Å². The van der Waals surface area contributed by atoms with Gasteiger partial charge in [-0.3, -0.25) is 10.1 Å². The predicted octanol–water partition coefficient (Wildman–Crippen LogP) is 3.56. The maximum Gasteiger partial charge on any atom is 0.330 e. The third-order valence-electron chi connectivity index (χ3n) is 1.50. The van der Waals surface area contributed by atoms with Gasteiger partial charge in [-0.15, -0.1) is 0 Å². The molecule has 0 aliphatic carbocycles. The first kappa shape index (κ1) is 11.4. The zero-order chi connectivity index (χ0) is 10.9. The molecule has 0 aromatic heterocycles. The Hall–Kier alpha value is -0.710. The van der Waals surface area contributed by atoms with Crippen molar-refractivity contribution in [2.24, 2.45) is 0 Å². The molecule has 4 nitrogen and oxygen atoms in total. The van der Waals surface area contributed by atoms with E-state index in [2.05, 4.69) is 0 Å². The highest BCUT2D eigenvalue weighted by atomic mass is 35.5. The van der Waals surface area contributed by atoms with E-state index in [0.29, 0.717) is 0 Å². The van der Waals surface area contributed by atoms with Crippen molar-refractivity contribution in [3.8, 4) is 5.75 Å². The summed E-state index contributed by atoms with van der Waals surface area (Å²) in [6, 6.07) is 1.24. The van der Waals surface area contributed by atoms with Gasteiger partial charge >= 0.3 is 5.69 Å². The molecule has 0 aliphatic rings. The van der Waals surface area contributed by atoms with Gasteiger partial charge in [0.2, 0.25) is 0 Å². The quantitative estimate of drug-likeness (QED) is 0.462. The van der Waals surface area contributed by atoms with Gasteiger partial charge in [-0.2, -0.15) is 0 Å². The predicted molar refractivity (Wildman–Crippen MR) is 54.7 cm³/mol. The summed E-state index contributed by atoms with van der Waals surface area (Å²) < 4.78 is 4.75. The van der Waals surface area contributed by atoms with Crippen LogP contribution in [0.5, 0.6) is 5.75 Å². The summed E-state index contributed by atoms with van der Waals surface area (Å²) in [4.78, 5) is 9.93. The molecule has 76 valence electrons. The van der Waals surface area contributed by atoms with Crippen molar-refractivity contribution in [2.45, 2.75) is 0 Å². The van der Waals surface area contributed by atoms with Crippen LogP contribution in [0.15, 0.2) is 6.07 Å². The normalized spacial score (nSPS) is 10.0. The number of halogens is 3. The van der Waals surface area contributed by atoms with Crippen LogP contribution in [0.2, 0.25) is 15.1 Å². The van der Waals surface area contributed by atoms with Gasteiger partial charge in [0.1, 0.15) is 5.02 Å². The number of nitro groups is 1. The van der Waals surface area contributed by atoms with Crippen molar-refractivity contribution in [1.29, 1.82) is 0 Å². The van der Waals surface area contributed by atoms with Crippen LogP contribution in [0.25, 0.3) is 0 Å². The molecule has 0 saturated heterocycles. The fraction of sp³-hybridized carbons (Fsp3) is 0.143. The van der Waals surface area contributed by atoms with Crippen molar-refractivity contribution in [2.75, 3.05) is 7.11 Å². The molecule has 0 unspecified atom stereocenters. The summed E-state index contributed by atoms with van der Waals surface area (Å²) in [7, 11) is 1.28. The number of ether oxygens (including phenoxy) is 1. The van der Waals surface area contributed by atoms with E-state index in [4.69, 9.17) is 39.5 Å². The lowest BCUT2D eigenvalue weighted by Gasteiger charge is -2.05. The standard InChI is InChI=1S/C7H4Cl3NO3/c1-14-4-2-3(8)5(9)6(10)7(4)11(12)13/h2H,1H3. The van der Waals surface area contributed by atoms with Gasteiger partial charge < -0.3 is 4.74 Å². The number of nitro benzene ring substituents is 1. The maximum atomic E-state index is 10.6. The van der Waals surface area contributed by atoms with Crippen LogP contribution in [0, 0.1) is 10.1 Å². The average molecular weight is 256 g/mol. The molecule has 0 N–H and O–H groups in total. The summed E-state index contributed by atoms with van der Waals surface area (Å²) in [5.41, 5.74) is -0.386. The SMILES string of the molecule is COc1cc(Cl)c(Cl)c(Cl)c1[N+](=O)[O-].